The van der Waals surface area contributed by atoms with Crippen LogP contribution in [0.3, 0.4) is 0 Å². The Kier molecular flexibility index (Phi) is 4.61. The van der Waals surface area contributed by atoms with Gasteiger partial charge in [-0.05, 0) is 42.2 Å². The van der Waals surface area contributed by atoms with Gasteiger partial charge in [0.2, 0.25) is 11.7 Å². The Balaban J connectivity index is 1.16. The molecular weight excluding hydrogens is 389 g/mol. The van der Waals surface area contributed by atoms with Gasteiger partial charge in [-0.2, -0.15) is 0 Å². The number of furan rings is 1. The molecule has 0 N–H and O–H groups in total. The molecule has 2 aliphatic rings. The molecule has 1 saturated heterocycles. The summed E-state index contributed by atoms with van der Waals surface area (Å²) in [6, 6.07) is 11.4. The maximum atomic E-state index is 13.1. The van der Waals surface area contributed by atoms with Crippen molar-refractivity contribution < 1.29 is 22.9 Å². The number of benzene rings is 1. The van der Waals surface area contributed by atoms with Crippen molar-refractivity contribution in [3.8, 4) is 11.5 Å². The number of hydrogen-bond acceptors (Lipinski definition) is 5. The number of piperazine rings is 1. The molecule has 2 amide bonds. The number of carbonyl (C=O) groups is 2. The van der Waals surface area contributed by atoms with Crippen LogP contribution < -0.4 is 0 Å². The van der Waals surface area contributed by atoms with E-state index in [1.165, 1.54) is 18.4 Å². The van der Waals surface area contributed by atoms with E-state index in [0.29, 0.717) is 37.7 Å². The molecule has 8 heteroatoms. The van der Waals surface area contributed by atoms with E-state index in [2.05, 4.69) is 5.16 Å². The van der Waals surface area contributed by atoms with Gasteiger partial charge in [0.05, 0.1) is 6.26 Å². The van der Waals surface area contributed by atoms with Gasteiger partial charge in [-0.25, -0.2) is 4.39 Å². The SMILES string of the molecule is O=C(c1cc(-c2ccco2)on1)N1CCN(C(=O)C2CC2c2ccc(F)cc2)CC1. The van der Waals surface area contributed by atoms with Crippen LogP contribution in [0.15, 0.2) is 57.7 Å². The molecule has 1 aliphatic carbocycles. The molecule has 3 heterocycles. The Bertz CT molecular complexity index is 1050. The van der Waals surface area contributed by atoms with Gasteiger partial charge in [-0.1, -0.05) is 17.3 Å². The highest BCUT2D eigenvalue weighted by Crippen LogP contribution is 2.48. The highest BCUT2D eigenvalue weighted by Gasteiger charge is 2.46. The lowest BCUT2D eigenvalue weighted by atomic mass is 10.1. The second-order valence-electron chi connectivity index (χ2n) is 7.67. The zero-order chi connectivity index (χ0) is 20.7. The quantitative estimate of drug-likeness (QED) is 0.661. The Morgan fingerprint density at radius 2 is 1.73 bits per heavy atom. The van der Waals surface area contributed by atoms with Crippen molar-refractivity contribution in [2.45, 2.75) is 12.3 Å². The van der Waals surface area contributed by atoms with E-state index in [9.17, 15) is 14.0 Å². The van der Waals surface area contributed by atoms with Gasteiger partial charge in [0.25, 0.3) is 5.91 Å². The minimum Gasteiger partial charge on any atom is -0.461 e. The topological polar surface area (TPSA) is 79.8 Å². The molecule has 154 valence electrons. The van der Waals surface area contributed by atoms with Crippen LogP contribution in [-0.4, -0.2) is 52.9 Å². The highest BCUT2D eigenvalue weighted by molar-refractivity contribution is 5.93. The van der Waals surface area contributed by atoms with Gasteiger partial charge in [-0.3, -0.25) is 9.59 Å². The predicted molar refractivity (Wildman–Crippen MR) is 104 cm³/mol. The van der Waals surface area contributed by atoms with Crippen LogP contribution in [-0.2, 0) is 4.79 Å². The first-order valence-electron chi connectivity index (χ1n) is 9.94. The lowest BCUT2D eigenvalue weighted by Gasteiger charge is -2.34. The first-order chi connectivity index (χ1) is 14.6. The maximum absolute atomic E-state index is 13.1. The number of rotatable bonds is 4. The van der Waals surface area contributed by atoms with E-state index in [1.807, 2.05) is 4.90 Å². The molecule has 2 aromatic heterocycles. The second kappa shape index (κ2) is 7.44. The molecule has 5 rings (SSSR count). The molecule has 0 radical (unpaired) electrons. The molecule has 0 spiro atoms. The number of amides is 2. The summed E-state index contributed by atoms with van der Waals surface area (Å²) in [5.74, 6) is 0.635. The standard InChI is InChI=1S/C22H20FN3O4/c23-15-5-3-14(4-6-15)16-12-17(16)21(27)25-7-9-26(10-8-25)22(28)18-13-20(30-24-18)19-2-1-11-29-19/h1-6,11,13,16-17H,7-10,12H2. The van der Waals surface area contributed by atoms with E-state index in [4.69, 9.17) is 8.94 Å². The van der Waals surface area contributed by atoms with E-state index in [1.54, 1.807) is 35.2 Å². The van der Waals surface area contributed by atoms with Gasteiger partial charge < -0.3 is 18.7 Å². The van der Waals surface area contributed by atoms with Crippen molar-refractivity contribution in [1.82, 2.24) is 15.0 Å². The summed E-state index contributed by atoms with van der Waals surface area (Å²) in [7, 11) is 0. The number of nitrogens with zero attached hydrogens (tertiary/aromatic N) is 3. The molecule has 2 fully saturated rings. The molecule has 0 bridgehead atoms. The van der Waals surface area contributed by atoms with Crippen LogP contribution in [0.4, 0.5) is 4.39 Å². The van der Waals surface area contributed by atoms with E-state index in [-0.39, 0.29) is 35.2 Å². The predicted octanol–water partition coefficient (Wildman–Crippen LogP) is 3.16. The minimum absolute atomic E-state index is 0.0518. The van der Waals surface area contributed by atoms with Crippen molar-refractivity contribution in [2.75, 3.05) is 26.2 Å². The van der Waals surface area contributed by atoms with Crippen LogP contribution in [0.2, 0.25) is 0 Å². The Hall–Kier alpha value is -3.42. The average molecular weight is 409 g/mol. The van der Waals surface area contributed by atoms with E-state index < -0.39 is 0 Å². The summed E-state index contributed by atoms with van der Waals surface area (Å²) >= 11 is 0. The fourth-order valence-corrected chi connectivity index (χ4v) is 3.98. The van der Waals surface area contributed by atoms with Crippen LogP contribution in [0, 0.1) is 11.7 Å². The minimum atomic E-state index is -0.272. The Morgan fingerprint density at radius 1 is 1.00 bits per heavy atom. The smallest absolute Gasteiger partial charge is 0.276 e. The second-order valence-corrected chi connectivity index (χ2v) is 7.67. The summed E-state index contributed by atoms with van der Waals surface area (Å²) < 4.78 is 23.5. The van der Waals surface area contributed by atoms with E-state index >= 15 is 0 Å². The number of hydrogen-bond donors (Lipinski definition) is 0. The summed E-state index contributed by atoms with van der Waals surface area (Å²) in [4.78, 5) is 29.0. The molecule has 2 unspecified atom stereocenters. The Morgan fingerprint density at radius 3 is 2.43 bits per heavy atom. The van der Waals surface area contributed by atoms with Crippen LogP contribution >= 0.6 is 0 Å². The van der Waals surface area contributed by atoms with Crippen molar-refractivity contribution in [3.63, 3.8) is 0 Å². The van der Waals surface area contributed by atoms with Crippen molar-refractivity contribution >= 4 is 11.8 Å². The largest absolute Gasteiger partial charge is 0.461 e. The molecule has 1 saturated carbocycles. The summed E-state index contributed by atoms with van der Waals surface area (Å²) in [6.45, 7) is 1.86. The first-order valence-corrected chi connectivity index (χ1v) is 9.94. The lowest BCUT2D eigenvalue weighted by Crippen LogP contribution is -2.51. The molecule has 1 aliphatic heterocycles. The monoisotopic (exact) mass is 409 g/mol. The van der Waals surface area contributed by atoms with Gasteiger partial charge in [0, 0.05) is 38.2 Å². The van der Waals surface area contributed by atoms with Gasteiger partial charge >= 0.3 is 0 Å². The van der Waals surface area contributed by atoms with Crippen LogP contribution in [0.25, 0.3) is 11.5 Å². The van der Waals surface area contributed by atoms with E-state index in [0.717, 1.165) is 12.0 Å². The van der Waals surface area contributed by atoms with Gasteiger partial charge in [0.15, 0.2) is 11.5 Å². The third kappa shape index (κ3) is 3.49. The summed E-state index contributed by atoms with van der Waals surface area (Å²) in [5, 5.41) is 3.86. The molecule has 1 aromatic carbocycles. The molecular formula is C22H20FN3O4. The molecule has 2 atom stereocenters. The third-order valence-electron chi connectivity index (χ3n) is 5.78. The highest BCUT2D eigenvalue weighted by atomic mass is 19.1. The van der Waals surface area contributed by atoms with Crippen molar-refractivity contribution in [1.29, 1.82) is 0 Å². The van der Waals surface area contributed by atoms with Crippen molar-refractivity contribution in [3.05, 3.63) is 65.8 Å². The van der Waals surface area contributed by atoms with Gasteiger partial charge in [0.1, 0.15) is 5.82 Å². The fourth-order valence-electron chi connectivity index (χ4n) is 3.98. The number of carbonyl (C=O) groups excluding carboxylic acids is 2. The summed E-state index contributed by atoms with van der Waals surface area (Å²) in [5.41, 5.74) is 1.22. The zero-order valence-corrected chi connectivity index (χ0v) is 16.2. The third-order valence-corrected chi connectivity index (χ3v) is 5.78. The fraction of sp³-hybridized carbons (Fsp3) is 0.318. The Labute approximate surface area is 172 Å². The lowest BCUT2D eigenvalue weighted by molar-refractivity contribution is -0.134. The first kappa shape index (κ1) is 18.6. The average Bonchev–Trinajstić information content (AvgIpc) is 3.16. The summed E-state index contributed by atoms with van der Waals surface area (Å²) in [6.07, 6.45) is 2.31. The normalized spacial score (nSPS) is 21.0. The maximum Gasteiger partial charge on any atom is 0.276 e. The van der Waals surface area contributed by atoms with Gasteiger partial charge in [-0.15, -0.1) is 0 Å². The molecule has 3 aromatic rings. The molecule has 30 heavy (non-hydrogen) atoms. The van der Waals surface area contributed by atoms with Crippen LogP contribution in [0.1, 0.15) is 28.4 Å². The number of halogens is 1. The molecule has 7 nitrogen and oxygen atoms in total. The number of aromatic nitrogens is 1. The van der Waals surface area contributed by atoms with Crippen molar-refractivity contribution in [2.24, 2.45) is 5.92 Å². The van der Waals surface area contributed by atoms with Crippen LogP contribution in [0.5, 0.6) is 0 Å². The zero-order valence-electron chi connectivity index (χ0n) is 16.2.